The normalized spacial score (nSPS) is 10.4. The van der Waals surface area contributed by atoms with E-state index in [4.69, 9.17) is 0 Å². The molecule has 0 amide bonds. The van der Waals surface area contributed by atoms with Crippen LogP contribution in [0.2, 0.25) is 0 Å². The third kappa shape index (κ3) is 3.17. The van der Waals surface area contributed by atoms with Crippen LogP contribution >= 0.6 is 11.3 Å². The number of pyridine rings is 1. The average molecular weight is 249 g/mol. The number of aromatic nitrogens is 2. The lowest BCUT2D eigenvalue weighted by molar-refractivity contribution is 0.782. The number of nitrogens with one attached hydrogen (secondary N) is 1. The van der Waals surface area contributed by atoms with Crippen molar-refractivity contribution in [3.63, 3.8) is 0 Å². The summed E-state index contributed by atoms with van der Waals surface area (Å²) in [6.45, 7) is 3.63. The van der Waals surface area contributed by atoms with Crippen molar-refractivity contribution in [3.8, 4) is 0 Å². The van der Waals surface area contributed by atoms with Crippen LogP contribution < -0.4 is 10.2 Å². The molecule has 2 heterocycles. The lowest BCUT2D eigenvalue weighted by Crippen LogP contribution is -2.13. The van der Waals surface area contributed by atoms with E-state index in [0.29, 0.717) is 6.54 Å². The topological polar surface area (TPSA) is 46.9 Å². The fourth-order valence-electron chi connectivity index (χ4n) is 1.53. The van der Waals surface area contributed by atoms with Crippen LogP contribution in [0.5, 0.6) is 0 Å². The van der Waals surface area contributed by atoms with Crippen molar-refractivity contribution in [1.82, 2.24) is 9.55 Å². The highest BCUT2D eigenvalue weighted by molar-refractivity contribution is 7.07. The smallest absolute Gasteiger partial charge is 0.307 e. The SMILES string of the molecule is CCCNc1cc(Cn2ccsc2=O)ccn1. The molecular weight excluding hydrogens is 234 g/mol. The zero-order valence-electron chi connectivity index (χ0n) is 9.72. The third-order valence-corrected chi connectivity index (χ3v) is 3.07. The van der Waals surface area contributed by atoms with Crippen LogP contribution in [0.15, 0.2) is 34.7 Å². The standard InChI is InChI=1S/C12H15N3OS/c1-2-4-13-11-8-10(3-5-14-11)9-15-6-7-17-12(15)16/h3,5-8H,2,4,9H2,1H3,(H,13,14). The first kappa shape index (κ1) is 11.9. The van der Waals surface area contributed by atoms with Gasteiger partial charge in [-0.05, 0) is 24.1 Å². The molecule has 2 aromatic heterocycles. The van der Waals surface area contributed by atoms with Crippen LogP contribution in [0.1, 0.15) is 18.9 Å². The Balaban J connectivity index is 2.11. The second-order valence-corrected chi connectivity index (χ2v) is 4.63. The first-order valence-electron chi connectivity index (χ1n) is 5.62. The summed E-state index contributed by atoms with van der Waals surface area (Å²) in [6.07, 6.45) is 4.65. The first-order chi connectivity index (χ1) is 8.29. The molecule has 2 aromatic rings. The molecule has 0 aliphatic carbocycles. The van der Waals surface area contributed by atoms with Crippen molar-refractivity contribution < 1.29 is 0 Å². The number of hydrogen-bond donors (Lipinski definition) is 1. The van der Waals surface area contributed by atoms with Gasteiger partial charge < -0.3 is 9.88 Å². The van der Waals surface area contributed by atoms with Gasteiger partial charge in [0.2, 0.25) is 0 Å². The van der Waals surface area contributed by atoms with E-state index in [-0.39, 0.29) is 4.87 Å². The highest BCUT2D eigenvalue weighted by Gasteiger charge is 2.00. The Morgan fingerprint density at radius 3 is 3.12 bits per heavy atom. The Morgan fingerprint density at radius 1 is 1.53 bits per heavy atom. The molecule has 0 aromatic carbocycles. The lowest BCUT2D eigenvalue weighted by Gasteiger charge is -2.06. The molecular formula is C12H15N3OS. The largest absolute Gasteiger partial charge is 0.370 e. The van der Waals surface area contributed by atoms with Gasteiger partial charge in [-0.15, -0.1) is 0 Å². The predicted molar refractivity (Wildman–Crippen MR) is 70.7 cm³/mol. The van der Waals surface area contributed by atoms with Gasteiger partial charge in [0.25, 0.3) is 0 Å². The minimum Gasteiger partial charge on any atom is -0.370 e. The van der Waals surface area contributed by atoms with Gasteiger partial charge in [-0.25, -0.2) is 4.98 Å². The fraction of sp³-hybridized carbons (Fsp3) is 0.333. The number of nitrogens with zero attached hydrogens (tertiary/aromatic N) is 2. The summed E-state index contributed by atoms with van der Waals surface area (Å²) in [5.74, 6) is 0.868. The first-order valence-corrected chi connectivity index (χ1v) is 6.50. The predicted octanol–water partition coefficient (Wildman–Crippen LogP) is 2.17. The molecule has 0 bridgehead atoms. The lowest BCUT2D eigenvalue weighted by atomic mass is 10.2. The number of hydrogen-bond acceptors (Lipinski definition) is 4. The Hall–Kier alpha value is -1.62. The third-order valence-electron chi connectivity index (χ3n) is 2.38. The van der Waals surface area contributed by atoms with Crippen molar-refractivity contribution in [2.45, 2.75) is 19.9 Å². The van der Waals surface area contributed by atoms with Gasteiger partial charge in [0.1, 0.15) is 5.82 Å². The summed E-state index contributed by atoms with van der Waals surface area (Å²) < 4.78 is 1.70. The average Bonchev–Trinajstić information content (AvgIpc) is 2.73. The molecule has 0 fully saturated rings. The Kier molecular flexibility index (Phi) is 3.93. The minimum absolute atomic E-state index is 0.0740. The summed E-state index contributed by atoms with van der Waals surface area (Å²) >= 11 is 1.22. The van der Waals surface area contributed by atoms with Gasteiger partial charge in [-0.1, -0.05) is 18.3 Å². The molecule has 0 aliphatic heterocycles. The fourth-order valence-corrected chi connectivity index (χ4v) is 2.11. The highest BCUT2D eigenvalue weighted by atomic mass is 32.1. The second kappa shape index (κ2) is 5.63. The van der Waals surface area contributed by atoms with E-state index in [2.05, 4.69) is 17.2 Å². The van der Waals surface area contributed by atoms with Crippen LogP contribution in [0.25, 0.3) is 0 Å². The highest BCUT2D eigenvalue weighted by Crippen LogP contribution is 2.08. The van der Waals surface area contributed by atoms with Crippen molar-refractivity contribution >= 4 is 17.2 Å². The van der Waals surface area contributed by atoms with E-state index in [9.17, 15) is 4.79 Å². The van der Waals surface area contributed by atoms with Crippen LogP contribution in [-0.2, 0) is 6.54 Å². The molecule has 90 valence electrons. The summed E-state index contributed by atoms with van der Waals surface area (Å²) in [7, 11) is 0. The van der Waals surface area contributed by atoms with Gasteiger partial charge in [0.15, 0.2) is 0 Å². The Morgan fingerprint density at radius 2 is 2.41 bits per heavy atom. The summed E-state index contributed by atoms with van der Waals surface area (Å²) in [4.78, 5) is 15.7. The van der Waals surface area contributed by atoms with Crippen LogP contribution in [0, 0.1) is 0 Å². The summed E-state index contributed by atoms with van der Waals surface area (Å²) in [5.41, 5.74) is 1.08. The molecule has 0 saturated carbocycles. The monoisotopic (exact) mass is 249 g/mol. The van der Waals surface area contributed by atoms with E-state index in [1.807, 2.05) is 18.3 Å². The van der Waals surface area contributed by atoms with Gasteiger partial charge in [-0.3, -0.25) is 4.79 Å². The minimum atomic E-state index is 0.0740. The van der Waals surface area contributed by atoms with Gasteiger partial charge in [0.05, 0.1) is 6.54 Å². The van der Waals surface area contributed by atoms with Crippen LogP contribution in [0.3, 0.4) is 0 Å². The summed E-state index contributed by atoms with van der Waals surface area (Å²) in [5, 5.41) is 5.04. The maximum Gasteiger partial charge on any atom is 0.307 e. The maximum absolute atomic E-state index is 11.4. The van der Waals surface area contributed by atoms with Crippen molar-refractivity contribution in [2.75, 3.05) is 11.9 Å². The number of thiazole rings is 1. The number of rotatable bonds is 5. The second-order valence-electron chi connectivity index (χ2n) is 3.77. The van der Waals surface area contributed by atoms with Gasteiger partial charge in [0, 0.05) is 24.3 Å². The van der Waals surface area contributed by atoms with E-state index in [1.54, 1.807) is 16.1 Å². The van der Waals surface area contributed by atoms with Crippen molar-refractivity contribution in [2.24, 2.45) is 0 Å². The Labute approximate surface area is 104 Å². The van der Waals surface area contributed by atoms with Crippen LogP contribution in [0.4, 0.5) is 5.82 Å². The molecule has 1 N–H and O–H groups in total. The molecule has 0 atom stereocenters. The van der Waals surface area contributed by atoms with Crippen LogP contribution in [-0.4, -0.2) is 16.1 Å². The summed E-state index contributed by atoms with van der Waals surface area (Å²) in [6, 6.07) is 3.92. The van der Waals surface area contributed by atoms with Gasteiger partial charge >= 0.3 is 4.87 Å². The number of anilines is 1. The maximum atomic E-state index is 11.4. The molecule has 0 saturated heterocycles. The molecule has 2 rings (SSSR count). The molecule has 0 unspecified atom stereocenters. The molecule has 0 spiro atoms. The molecule has 5 heteroatoms. The molecule has 4 nitrogen and oxygen atoms in total. The van der Waals surface area contributed by atoms with E-state index < -0.39 is 0 Å². The van der Waals surface area contributed by atoms with E-state index in [0.717, 1.165) is 24.3 Å². The zero-order chi connectivity index (χ0) is 12.1. The molecule has 0 radical (unpaired) electrons. The van der Waals surface area contributed by atoms with E-state index in [1.165, 1.54) is 11.3 Å². The quantitative estimate of drug-likeness (QED) is 0.883. The zero-order valence-corrected chi connectivity index (χ0v) is 10.5. The van der Waals surface area contributed by atoms with Crippen molar-refractivity contribution in [3.05, 3.63) is 45.1 Å². The van der Waals surface area contributed by atoms with E-state index >= 15 is 0 Å². The molecule has 0 aliphatic rings. The Bertz CT molecular complexity index is 532. The van der Waals surface area contributed by atoms with Crippen molar-refractivity contribution in [1.29, 1.82) is 0 Å². The molecule has 17 heavy (non-hydrogen) atoms. The van der Waals surface area contributed by atoms with Gasteiger partial charge in [-0.2, -0.15) is 0 Å².